The first-order valence-electron chi connectivity index (χ1n) is 8.27. The molecule has 0 saturated heterocycles. The van der Waals surface area contributed by atoms with Crippen molar-refractivity contribution in [3.63, 3.8) is 0 Å². The molecule has 2 aromatic rings. The number of likely N-dealkylation sites (N-methyl/N-ethyl adjacent to an activating group) is 1. The number of rotatable bonds is 1. The van der Waals surface area contributed by atoms with Gasteiger partial charge in [0.1, 0.15) is 5.75 Å². The van der Waals surface area contributed by atoms with Crippen molar-refractivity contribution in [3.05, 3.63) is 58.7 Å². The van der Waals surface area contributed by atoms with E-state index in [0.29, 0.717) is 6.07 Å². The Morgan fingerprint density at radius 3 is 2.50 bits per heavy atom. The summed E-state index contributed by atoms with van der Waals surface area (Å²) in [5.74, 6) is -4.05. The quantitative estimate of drug-likeness (QED) is 0.727. The Hall–Kier alpha value is -3.07. The number of hydrogen-bond acceptors (Lipinski definition) is 5. The minimum Gasteiger partial charge on any atom is -0.454 e. The molecule has 1 aliphatic heterocycles. The lowest BCUT2D eigenvalue weighted by atomic mass is 9.81. The molecular formula is C19H15F3N2O4. The van der Waals surface area contributed by atoms with Crippen LogP contribution in [0.15, 0.2) is 36.4 Å². The summed E-state index contributed by atoms with van der Waals surface area (Å²) in [6.07, 6.45) is -4.65. The molecule has 6 nitrogen and oxygen atoms in total. The Bertz CT molecular complexity index is 1050. The highest BCUT2D eigenvalue weighted by Crippen LogP contribution is 2.61. The second-order valence-electron chi connectivity index (χ2n) is 6.84. The molecular weight excluding hydrogens is 377 g/mol. The number of amides is 1. The van der Waals surface area contributed by atoms with Crippen molar-refractivity contribution in [3.8, 4) is 5.75 Å². The van der Waals surface area contributed by atoms with Crippen LogP contribution in [0.25, 0.3) is 0 Å². The van der Waals surface area contributed by atoms with Crippen LogP contribution >= 0.6 is 0 Å². The van der Waals surface area contributed by atoms with Gasteiger partial charge in [0.05, 0.1) is 11.1 Å². The number of benzene rings is 2. The first kappa shape index (κ1) is 18.3. The molecule has 1 amide bonds. The average Bonchev–Trinajstić information content (AvgIpc) is 2.98. The van der Waals surface area contributed by atoms with Crippen molar-refractivity contribution >= 4 is 17.4 Å². The molecule has 0 aromatic heterocycles. The lowest BCUT2D eigenvalue weighted by Gasteiger charge is -2.40. The number of aliphatic hydroxyl groups is 1. The zero-order valence-electron chi connectivity index (χ0n) is 14.8. The van der Waals surface area contributed by atoms with Crippen LogP contribution in [0.4, 0.5) is 18.9 Å². The molecule has 0 bridgehead atoms. The first-order valence-corrected chi connectivity index (χ1v) is 8.27. The van der Waals surface area contributed by atoms with Gasteiger partial charge in [0.15, 0.2) is 0 Å². The van der Waals surface area contributed by atoms with E-state index in [1.165, 1.54) is 32.2 Å². The highest BCUT2D eigenvalue weighted by Gasteiger charge is 2.74. The number of nitrogens with two attached hydrogens (primary N) is 1. The van der Waals surface area contributed by atoms with Crippen LogP contribution in [0.3, 0.4) is 0 Å². The van der Waals surface area contributed by atoms with Crippen molar-refractivity contribution < 1.29 is 32.6 Å². The third-order valence-electron chi connectivity index (χ3n) is 5.44. The normalized spacial score (nSPS) is 25.0. The Morgan fingerprint density at radius 2 is 1.89 bits per heavy atom. The zero-order valence-corrected chi connectivity index (χ0v) is 14.8. The SMILES string of the molecule is CC(=O)N(C)C12C(=O)c3c(N)cccc3C1(O)Oc1cc(C(F)(F)F)ccc12. The zero-order chi connectivity index (χ0) is 20.6. The number of alkyl halides is 3. The van der Waals surface area contributed by atoms with Crippen molar-refractivity contribution in [1.29, 1.82) is 0 Å². The maximum absolute atomic E-state index is 13.5. The van der Waals surface area contributed by atoms with Gasteiger partial charge in [-0.2, -0.15) is 13.2 Å². The molecule has 2 aliphatic rings. The van der Waals surface area contributed by atoms with E-state index in [2.05, 4.69) is 0 Å². The summed E-state index contributed by atoms with van der Waals surface area (Å²) in [4.78, 5) is 26.7. The average molecular weight is 392 g/mol. The van der Waals surface area contributed by atoms with Crippen molar-refractivity contribution in [2.75, 3.05) is 12.8 Å². The topological polar surface area (TPSA) is 92.9 Å². The lowest BCUT2D eigenvalue weighted by molar-refractivity contribution is -0.201. The van der Waals surface area contributed by atoms with Crippen molar-refractivity contribution in [2.24, 2.45) is 0 Å². The van der Waals surface area contributed by atoms with E-state index in [1.807, 2.05) is 0 Å². The van der Waals surface area contributed by atoms with E-state index in [1.54, 1.807) is 0 Å². The Kier molecular flexibility index (Phi) is 3.43. The van der Waals surface area contributed by atoms with Gasteiger partial charge in [-0.1, -0.05) is 18.2 Å². The van der Waals surface area contributed by atoms with E-state index in [4.69, 9.17) is 10.5 Å². The van der Waals surface area contributed by atoms with Crippen molar-refractivity contribution in [2.45, 2.75) is 24.4 Å². The summed E-state index contributed by atoms with van der Waals surface area (Å²) in [6, 6.07) is 6.88. The predicted molar refractivity (Wildman–Crippen MR) is 91.3 cm³/mol. The third kappa shape index (κ3) is 1.91. The Morgan fingerprint density at radius 1 is 1.21 bits per heavy atom. The number of fused-ring (bicyclic) bond motifs is 5. The van der Waals surface area contributed by atoms with Crippen LogP contribution < -0.4 is 10.5 Å². The largest absolute Gasteiger partial charge is 0.454 e. The predicted octanol–water partition coefficient (Wildman–Crippen LogP) is 2.40. The van der Waals surface area contributed by atoms with Gasteiger partial charge in [-0.25, -0.2) is 0 Å². The molecule has 0 saturated carbocycles. The Labute approximate surface area is 157 Å². The number of nitrogens with zero attached hydrogens (tertiary/aromatic N) is 1. The van der Waals surface area contributed by atoms with Gasteiger partial charge >= 0.3 is 6.18 Å². The number of halogens is 3. The van der Waals surface area contributed by atoms with Crippen molar-refractivity contribution in [1.82, 2.24) is 4.90 Å². The summed E-state index contributed by atoms with van der Waals surface area (Å²) in [5.41, 5.74) is 2.83. The van der Waals surface area contributed by atoms with Gasteiger partial charge in [-0.3, -0.25) is 9.59 Å². The molecule has 28 heavy (non-hydrogen) atoms. The maximum Gasteiger partial charge on any atom is 0.416 e. The van der Waals surface area contributed by atoms with Crippen LogP contribution in [0.2, 0.25) is 0 Å². The summed E-state index contributed by atoms with van der Waals surface area (Å²) in [7, 11) is 1.28. The second kappa shape index (κ2) is 5.26. The molecule has 0 spiro atoms. The number of nitrogen functional groups attached to an aromatic ring is 1. The highest BCUT2D eigenvalue weighted by molar-refractivity contribution is 6.15. The van der Waals surface area contributed by atoms with Gasteiger partial charge in [0, 0.05) is 30.8 Å². The van der Waals surface area contributed by atoms with Gasteiger partial charge in [0.2, 0.25) is 17.2 Å². The maximum atomic E-state index is 13.5. The number of ketones is 1. The molecule has 2 unspecified atom stereocenters. The molecule has 2 aromatic carbocycles. The highest BCUT2D eigenvalue weighted by atomic mass is 19.4. The number of anilines is 1. The van der Waals surface area contributed by atoms with Gasteiger partial charge in [0.25, 0.3) is 5.79 Å². The summed E-state index contributed by atoms with van der Waals surface area (Å²) >= 11 is 0. The molecule has 2 atom stereocenters. The molecule has 4 rings (SSSR count). The van der Waals surface area contributed by atoms with E-state index in [-0.39, 0.29) is 28.1 Å². The first-order chi connectivity index (χ1) is 13.0. The third-order valence-corrected chi connectivity index (χ3v) is 5.44. The molecule has 0 radical (unpaired) electrons. The molecule has 1 aliphatic carbocycles. The van der Waals surface area contributed by atoms with Crippen LogP contribution in [0.1, 0.15) is 34.0 Å². The van der Waals surface area contributed by atoms with Crippen LogP contribution in [-0.2, 0) is 22.3 Å². The smallest absolute Gasteiger partial charge is 0.416 e. The van der Waals surface area contributed by atoms with Gasteiger partial charge in [-0.05, 0) is 18.2 Å². The van der Waals surface area contributed by atoms with Crippen LogP contribution in [0, 0.1) is 0 Å². The molecule has 3 N–H and O–H groups in total. The summed E-state index contributed by atoms with van der Waals surface area (Å²) in [6.45, 7) is 1.18. The fraction of sp³-hybridized carbons (Fsp3) is 0.263. The van der Waals surface area contributed by atoms with E-state index >= 15 is 0 Å². The number of hydrogen-bond donors (Lipinski definition) is 2. The molecule has 146 valence electrons. The minimum atomic E-state index is -4.65. The molecule has 0 fully saturated rings. The van der Waals surface area contributed by atoms with E-state index < -0.39 is 34.8 Å². The second-order valence-corrected chi connectivity index (χ2v) is 6.84. The fourth-order valence-electron chi connectivity index (χ4n) is 4.11. The molecule has 9 heteroatoms. The minimum absolute atomic E-state index is 0.00430. The Balaban J connectivity index is 2.07. The van der Waals surface area contributed by atoms with Crippen LogP contribution in [0.5, 0.6) is 5.75 Å². The number of carbonyl (C=O) groups excluding carboxylic acids is 2. The number of carbonyl (C=O) groups is 2. The van der Waals surface area contributed by atoms with Gasteiger partial charge in [-0.15, -0.1) is 0 Å². The molecule has 1 heterocycles. The lowest BCUT2D eigenvalue weighted by Crippen LogP contribution is -2.60. The number of Topliss-reactive ketones (excluding diaryl/α,β-unsaturated/α-hetero) is 1. The monoisotopic (exact) mass is 392 g/mol. The summed E-state index contributed by atoms with van der Waals surface area (Å²) in [5, 5.41) is 11.5. The van der Waals surface area contributed by atoms with Crippen LogP contribution in [-0.4, -0.2) is 28.7 Å². The van der Waals surface area contributed by atoms with Gasteiger partial charge < -0.3 is 20.5 Å². The van der Waals surface area contributed by atoms with E-state index in [0.717, 1.165) is 17.0 Å². The van der Waals surface area contributed by atoms with E-state index in [9.17, 15) is 27.9 Å². The standard InChI is InChI=1S/C19H15F3N2O4/c1-9(25)24(2)17-11-7-6-10(19(20,21)22)8-14(11)28-18(17,27)12-4-3-5-13(23)15(12)16(17)26/h3-8,27H,23H2,1-2H3. The number of ether oxygens (including phenoxy) is 1. The fourth-order valence-corrected chi connectivity index (χ4v) is 4.11. The summed E-state index contributed by atoms with van der Waals surface area (Å²) < 4.78 is 44.9.